The second-order valence-electron chi connectivity index (χ2n) is 7.33. The van der Waals surface area contributed by atoms with Gasteiger partial charge in [-0.05, 0) is 32.6 Å². The van der Waals surface area contributed by atoms with Crippen LogP contribution >= 0.6 is 0 Å². The van der Waals surface area contributed by atoms with E-state index in [0.29, 0.717) is 18.6 Å². The second-order valence-corrected chi connectivity index (χ2v) is 7.33. The van der Waals surface area contributed by atoms with Crippen LogP contribution in [0.1, 0.15) is 39.5 Å². The maximum Gasteiger partial charge on any atom is 0.409 e. The van der Waals surface area contributed by atoms with Gasteiger partial charge in [0.05, 0.1) is 6.61 Å². The highest BCUT2D eigenvalue weighted by Gasteiger charge is 2.47. The highest BCUT2D eigenvalue weighted by Crippen LogP contribution is 2.46. The molecule has 2 saturated heterocycles. The van der Waals surface area contributed by atoms with E-state index in [1.54, 1.807) is 0 Å². The third-order valence-electron chi connectivity index (χ3n) is 5.54. The molecule has 2 aliphatic heterocycles. The summed E-state index contributed by atoms with van der Waals surface area (Å²) >= 11 is 0. The van der Waals surface area contributed by atoms with Gasteiger partial charge in [0.1, 0.15) is 0 Å². The van der Waals surface area contributed by atoms with Gasteiger partial charge in [0.25, 0.3) is 0 Å². The number of carbonyl (C=O) groups excluding carboxylic acids is 2. The first-order valence-electron chi connectivity index (χ1n) is 8.98. The first kappa shape index (κ1) is 16.6. The molecule has 0 aromatic carbocycles. The number of amides is 2. The molecule has 3 fully saturated rings. The van der Waals surface area contributed by atoms with Crippen LogP contribution in [-0.4, -0.2) is 78.6 Å². The van der Waals surface area contributed by atoms with Crippen molar-refractivity contribution in [2.24, 2.45) is 5.41 Å². The maximum absolute atomic E-state index is 12.5. The summed E-state index contributed by atoms with van der Waals surface area (Å²) < 4.78 is 5.09. The quantitative estimate of drug-likeness (QED) is 0.791. The zero-order chi connectivity index (χ0) is 16.4. The van der Waals surface area contributed by atoms with Crippen LogP contribution in [0.3, 0.4) is 0 Å². The van der Waals surface area contributed by atoms with Crippen molar-refractivity contribution in [1.82, 2.24) is 14.7 Å². The summed E-state index contributed by atoms with van der Waals surface area (Å²) in [6.45, 7) is 9.53. The van der Waals surface area contributed by atoms with Crippen molar-refractivity contribution < 1.29 is 14.3 Å². The average molecular weight is 323 g/mol. The van der Waals surface area contributed by atoms with Crippen molar-refractivity contribution in [3.63, 3.8) is 0 Å². The van der Waals surface area contributed by atoms with Gasteiger partial charge in [-0.1, -0.05) is 6.92 Å². The summed E-state index contributed by atoms with van der Waals surface area (Å²) in [4.78, 5) is 30.7. The molecule has 0 radical (unpaired) electrons. The van der Waals surface area contributed by atoms with E-state index < -0.39 is 0 Å². The molecule has 0 aromatic heterocycles. The van der Waals surface area contributed by atoms with Crippen molar-refractivity contribution >= 4 is 12.0 Å². The number of likely N-dealkylation sites (tertiary alicyclic amines) is 1. The highest BCUT2D eigenvalue weighted by atomic mass is 16.6. The Balaban J connectivity index is 1.50. The van der Waals surface area contributed by atoms with E-state index >= 15 is 0 Å². The number of hydrogen-bond donors (Lipinski definition) is 0. The molecule has 1 aliphatic carbocycles. The molecule has 3 rings (SSSR count). The molecule has 0 aromatic rings. The molecule has 2 heterocycles. The lowest BCUT2D eigenvalue weighted by Gasteiger charge is -2.28. The van der Waals surface area contributed by atoms with Crippen molar-refractivity contribution in [2.45, 2.75) is 45.6 Å². The molecular formula is C17H29N3O3. The Bertz CT molecular complexity index is 464. The predicted molar refractivity (Wildman–Crippen MR) is 87.1 cm³/mol. The summed E-state index contributed by atoms with van der Waals surface area (Å²) in [5, 5.41) is 0. The van der Waals surface area contributed by atoms with Gasteiger partial charge >= 0.3 is 6.09 Å². The average Bonchev–Trinajstić information content (AvgIpc) is 3.18. The number of rotatable bonds is 3. The minimum Gasteiger partial charge on any atom is -0.450 e. The Kier molecular flexibility index (Phi) is 4.80. The van der Waals surface area contributed by atoms with E-state index in [4.69, 9.17) is 4.74 Å². The third kappa shape index (κ3) is 3.62. The van der Waals surface area contributed by atoms with Crippen molar-refractivity contribution in [3.05, 3.63) is 0 Å². The normalized spacial score (nSPS) is 27.7. The lowest BCUT2D eigenvalue weighted by atomic mass is 10.1. The number of ether oxygens (including phenoxy) is 1. The van der Waals surface area contributed by atoms with E-state index in [1.807, 2.05) is 11.8 Å². The lowest BCUT2D eigenvalue weighted by molar-refractivity contribution is -0.136. The molecule has 1 saturated carbocycles. The summed E-state index contributed by atoms with van der Waals surface area (Å²) in [5.41, 5.74) is -0.0662. The fourth-order valence-electron chi connectivity index (χ4n) is 3.71. The summed E-state index contributed by atoms with van der Waals surface area (Å²) in [6, 6.07) is 0.408. The van der Waals surface area contributed by atoms with Gasteiger partial charge in [0.15, 0.2) is 0 Å². The fraction of sp³-hybridized carbons (Fsp3) is 0.882. The van der Waals surface area contributed by atoms with E-state index in [9.17, 15) is 9.59 Å². The molecular weight excluding hydrogens is 294 g/mol. The van der Waals surface area contributed by atoms with Crippen LogP contribution in [0.25, 0.3) is 0 Å². The lowest BCUT2D eigenvalue weighted by Crippen LogP contribution is -2.42. The van der Waals surface area contributed by atoms with Crippen LogP contribution in [0.5, 0.6) is 0 Å². The van der Waals surface area contributed by atoms with Gasteiger partial charge in [-0.2, -0.15) is 0 Å². The van der Waals surface area contributed by atoms with Crippen molar-refractivity contribution in [2.75, 3.05) is 45.9 Å². The molecule has 6 heteroatoms. The highest BCUT2D eigenvalue weighted by molar-refractivity contribution is 5.84. The van der Waals surface area contributed by atoms with Gasteiger partial charge in [0.2, 0.25) is 5.91 Å². The van der Waals surface area contributed by atoms with Gasteiger partial charge in [0, 0.05) is 50.7 Å². The fourth-order valence-corrected chi connectivity index (χ4v) is 3.71. The van der Waals surface area contributed by atoms with Gasteiger partial charge in [-0.15, -0.1) is 0 Å². The smallest absolute Gasteiger partial charge is 0.409 e. The molecule has 0 N–H and O–H groups in total. The monoisotopic (exact) mass is 323 g/mol. The van der Waals surface area contributed by atoms with Crippen molar-refractivity contribution in [1.29, 1.82) is 0 Å². The zero-order valence-corrected chi connectivity index (χ0v) is 14.4. The van der Waals surface area contributed by atoms with Gasteiger partial charge in [-0.25, -0.2) is 4.79 Å². The second kappa shape index (κ2) is 6.67. The van der Waals surface area contributed by atoms with Crippen LogP contribution < -0.4 is 0 Å². The van der Waals surface area contributed by atoms with Crippen LogP contribution in [0.15, 0.2) is 0 Å². The standard InChI is InChI=1S/C17H29N3O3/c1-3-23-16(22)20-10-5-14(13-20)18-8-4-9-19(12-11-18)15(21)17(2)6-7-17/h14H,3-13H2,1-2H3. The SMILES string of the molecule is CCOC(=O)N1CCC(N2CCCN(C(=O)C3(C)CC3)CC2)C1. The predicted octanol–water partition coefficient (Wildman–Crippen LogP) is 1.55. The van der Waals surface area contributed by atoms with E-state index in [2.05, 4.69) is 16.7 Å². The molecule has 6 nitrogen and oxygen atoms in total. The molecule has 0 bridgehead atoms. The number of hydrogen-bond acceptors (Lipinski definition) is 4. The molecule has 1 unspecified atom stereocenters. The van der Waals surface area contributed by atoms with E-state index in [-0.39, 0.29) is 11.5 Å². The molecule has 0 spiro atoms. The molecule has 2 amide bonds. The minimum absolute atomic E-state index is 0.0662. The van der Waals surface area contributed by atoms with Crippen molar-refractivity contribution in [3.8, 4) is 0 Å². The third-order valence-corrected chi connectivity index (χ3v) is 5.54. The number of carbonyl (C=O) groups is 2. The molecule has 1 atom stereocenters. The van der Waals surface area contributed by atoms with E-state index in [0.717, 1.165) is 65.0 Å². The van der Waals surface area contributed by atoms with Crippen LogP contribution in [0, 0.1) is 5.41 Å². The number of nitrogens with zero attached hydrogens (tertiary/aromatic N) is 3. The summed E-state index contributed by atoms with van der Waals surface area (Å²) in [6.07, 6.45) is 3.93. The molecule has 3 aliphatic rings. The van der Waals surface area contributed by atoms with Gasteiger partial charge in [-0.3, -0.25) is 9.69 Å². The Labute approximate surface area is 138 Å². The van der Waals surface area contributed by atoms with Gasteiger partial charge < -0.3 is 14.5 Å². The first-order valence-corrected chi connectivity index (χ1v) is 8.98. The van der Waals surface area contributed by atoms with E-state index in [1.165, 1.54) is 0 Å². The summed E-state index contributed by atoms with van der Waals surface area (Å²) in [7, 11) is 0. The molecule has 130 valence electrons. The summed E-state index contributed by atoms with van der Waals surface area (Å²) in [5.74, 6) is 0.346. The Hall–Kier alpha value is -1.30. The topological polar surface area (TPSA) is 53.1 Å². The largest absolute Gasteiger partial charge is 0.450 e. The zero-order valence-electron chi connectivity index (χ0n) is 14.4. The Morgan fingerprint density at radius 3 is 2.57 bits per heavy atom. The molecule has 23 heavy (non-hydrogen) atoms. The van der Waals surface area contributed by atoms with Crippen LogP contribution in [-0.2, 0) is 9.53 Å². The minimum atomic E-state index is -0.191. The maximum atomic E-state index is 12.5. The first-order chi connectivity index (χ1) is 11.0. The Morgan fingerprint density at radius 1 is 1.09 bits per heavy atom. The van der Waals surface area contributed by atoms with Crippen LogP contribution in [0.4, 0.5) is 4.79 Å². The Morgan fingerprint density at radius 2 is 1.87 bits per heavy atom. The van der Waals surface area contributed by atoms with Crippen LogP contribution in [0.2, 0.25) is 0 Å².